The largest absolute Gasteiger partial charge is 0.497 e. The monoisotopic (exact) mass is 361 g/mol. The van der Waals surface area contributed by atoms with Crippen LogP contribution in [0.25, 0.3) is 0 Å². The van der Waals surface area contributed by atoms with Crippen molar-refractivity contribution < 1.29 is 9.47 Å². The highest BCUT2D eigenvalue weighted by Gasteiger charge is 2.00. The molecule has 140 valence electrons. The number of nitrogens with one attached hydrogen (secondary N) is 1. The third-order valence-electron chi connectivity index (χ3n) is 4.50. The summed E-state index contributed by atoms with van der Waals surface area (Å²) in [5.74, 6) is 1.80. The van der Waals surface area contributed by atoms with Gasteiger partial charge in [-0.3, -0.25) is 0 Å². The molecule has 0 aliphatic heterocycles. The zero-order valence-electron chi connectivity index (χ0n) is 16.1. The Kier molecular flexibility index (Phi) is 6.89. The van der Waals surface area contributed by atoms with Gasteiger partial charge in [0.2, 0.25) is 0 Å². The fourth-order valence-electron chi connectivity index (χ4n) is 2.85. The molecular weight excluding hydrogens is 334 g/mol. The smallest absolute Gasteiger partial charge is 0.120 e. The first-order valence-electron chi connectivity index (χ1n) is 9.34. The molecule has 3 rings (SSSR count). The maximum atomic E-state index is 5.93. The van der Waals surface area contributed by atoms with Gasteiger partial charge in [-0.15, -0.1) is 0 Å². The van der Waals surface area contributed by atoms with Crippen molar-refractivity contribution in [3.8, 4) is 11.5 Å². The summed E-state index contributed by atoms with van der Waals surface area (Å²) in [4.78, 5) is 0. The molecule has 3 aromatic rings. The SMILES string of the molecule is COc1ccc(CCNCc2cccc(OCc3ccc(C)cc3)c2)cc1. The van der Waals surface area contributed by atoms with Crippen LogP contribution in [-0.2, 0) is 19.6 Å². The average Bonchev–Trinajstić information content (AvgIpc) is 2.71. The van der Waals surface area contributed by atoms with Crippen LogP contribution in [0.3, 0.4) is 0 Å². The Morgan fingerprint density at radius 3 is 2.26 bits per heavy atom. The maximum Gasteiger partial charge on any atom is 0.120 e. The molecule has 0 saturated heterocycles. The lowest BCUT2D eigenvalue weighted by molar-refractivity contribution is 0.306. The molecule has 0 heterocycles. The number of aryl methyl sites for hydroxylation is 1. The fraction of sp³-hybridized carbons (Fsp3) is 0.250. The Balaban J connectivity index is 1.43. The highest BCUT2D eigenvalue weighted by Crippen LogP contribution is 2.16. The van der Waals surface area contributed by atoms with Crippen LogP contribution < -0.4 is 14.8 Å². The summed E-state index contributed by atoms with van der Waals surface area (Å²) in [5, 5.41) is 3.50. The van der Waals surface area contributed by atoms with Crippen molar-refractivity contribution in [3.05, 3.63) is 95.1 Å². The Hall–Kier alpha value is -2.78. The number of hydrogen-bond donors (Lipinski definition) is 1. The van der Waals surface area contributed by atoms with E-state index in [1.165, 1.54) is 22.3 Å². The average molecular weight is 361 g/mol. The first-order chi connectivity index (χ1) is 13.2. The minimum Gasteiger partial charge on any atom is -0.497 e. The molecule has 0 aliphatic rings. The summed E-state index contributed by atoms with van der Waals surface area (Å²) >= 11 is 0. The molecule has 0 radical (unpaired) electrons. The second-order valence-electron chi connectivity index (χ2n) is 6.70. The molecule has 3 aromatic carbocycles. The predicted octanol–water partition coefficient (Wildman–Crippen LogP) is 4.91. The van der Waals surface area contributed by atoms with Crippen LogP contribution in [0.15, 0.2) is 72.8 Å². The standard InChI is InChI=1S/C24H27NO2/c1-19-6-8-21(9-7-19)18-27-24-5-3-4-22(16-24)17-25-15-14-20-10-12-23(26-2)13-11-20/h3-13,16,25H,14-15,17-18H2,1-2H3. The minimum atomic E-state index is 0.592. The molecule has 0 fully saturated rings. The number of benzene rings is 3. The second-order valence-corrected chi connectivity index (χ2v) is 6.70. The van der Waals surface area contributed by atoms with Crippen LogP contribution in [0.5, 0.6) is 11.5 Å². The van der Waals surface area contributed by atoms with E-state index in [0.29, 0.717) is 6.61 Å². The molecule has 0 aliphatic carbocycles. The molecule has 0 aromatic heterocycles. The third-order valence-corrected chi connectivity index (χ3v) is 4.50. The van der Waals surface area contributed by atoms with E-state index in [9.17, 15) is 0 Å². The minimum absolute atomic E-state index is 0.592. The molecule has 27 heavy (non-hydrogen) atoms. The highest BCUT2D eigenvalue weighted by atomic mass is 16.5. The van der Waals surface area contributed by atoms with Gasteiger partial charge in [0, 0.05) is 6.54 Å². The van der Waals surface area contributed by atoms with E-state index < -0.39 is 0 Å². The molecule has 0 spiro atoms. The zero-order chi connectivity index (χ0) is 18.9. The Morgan fingerprint density at radius 1 is 0.778 bits per heavy atom. The molecule has 0 unspecified atom stereocenters. The number of rotatable bonds is 9. The summed E-state index contributed by atoms with van der Waals surface area (Å²) in [6.07, 6.45) is 0.994. The van der Waals surface area contributed by atoms with E-state index in [1.807, 2.05) is 24.3 Å². The van der Waals surface area contributed by atoms with E-state index >= 15 is 0 Å². The first kappa shape index (κ1) is 19.0. The number of hydrogen-bond acceptors (Lipinski definition) is 3. The molecular formula is C24H27NO2. The fourth-order valence-corrected chi connectivity index (χ4v) is 2.85. The van der Waals surface area contributed by atoms with Gasteiger partial charge in [-0.05, 0) is 60.8 Å². The van der Waals surface area contributed by atoms with Gasteiger partial charge in [0.1, 0.15) is 18.1 Å². The summed E-state index contributed by atoms with van der Waals surface area (Å²) in [6.45, 7) is 4.45. The van der Waals surface area contributed by atoms with Crippen molar-refractivity contribution in [2.45, 2.75) is 26.5 Å². The lowest BCUT2D eigenvalue weighted by Crippen LogP contribution is -2.16. The molecule has 0 saturated carbocycles. The normalized spacial score (nSPS) is 10.6. The van der Waals surface area contributed by atoms with Gasteiger partial charge >= 0.3 is 0 Å². The van der Waals surface area contributed by atoms with Crippen molar-refractivity contribution >= 4 is 0 Å². The van der Waals surface area contributed by atoms with Gasteiger partial charge in [0.25, 0.3) is 0 Å². The van der Waals surface area contributed by atoms with Gasteiger partial charge in [0.05, 0.1) is 7.11 Å². The summed E-state index contributed by atoms with van der Waals surface area (Å²) in [7, 11) is 1.69. The molecule has 0 bridgehead atoms. The van der Waals surface area contributed by atoms with Gasteiger partial charge in [-0.2, -0.15) is 0 Å². The molecule has 0 atom stereocenters. The lowest BCUT2D eigenvalue weighted by Gasteiger charge is -2.10. The molecule has 1 N–H and O–H groups in total. The Bertz CT molecular complexity index is 826. The van der Waals surface area contributed by atoms with Crippen molar-refractivity contribution in [2.75, 3.05) is 13.7 Å². The topological polar surface area (TPSA) is 30.5 Å². The van der Waals surface area contributed by atoms with Crippen LogP contribution in [0.4, 0.5) is 0 Å². The summed E-state index contributed by atoms with van der Waals surface area (Å²) in [6, 6.07) is 25.0. The summed E-state index contributed by atoms with van der Waals surface area (Å²) in [5.41, 5.74) is 4.98. The quantitative estimate of drug-likeness (QED) is 0.549. The number of methoxy groups -OCH3 is 1. The van der Waals surface area contributed by atoms with Crippen LogP contribution in [0.2, 0.25) is 0 Å². The van der Waals surface area contributed by atoms with Gasteiger partial charge in [-0.25, -0.2) is 0 Å². The highest BCUT2D eigenvalue weighted by molar-refractivity contribution is 5.30. The van der Waals surface area contributed by atoms with Crippen molar-refractivity contribution in [1.29, 1.82) is 0 Å². The molecule has 3 nitrogen and oxygen atoms in total. The molecule has 3 heteroatoms. The van der Waals surface area contributed by atoms with Gasteiger partial charge in [0.15, 0.2) is 0 Å². The molecule has 0 amide bonds. The number of ether oxygens (including phenoxy) is 2. The summed E-state index contributed by atoms with van der Waals surface area (Å²) < 4.78 is 11.1. The van der Waals surface area contributed by atoms with E-state index in [1.54, 1.807) is 7.11 Å². The van der Waals surface area contributed by atoms with E-state index in [0.717, 1.165) is 31.0 Å². The Morgan fingerprint density at radius 2 is 1.52 bits per heavy atom. The third kappa shape index (κ3) is 6.15. The van der Waals surface area contributed by atoms with Crippen LogP contribution >= 0.6 is 0 Å². The van der Waals surface area contributed by atoms with Crippen LogP contribution in [0.1, 0.15) is 22.3 Å². The van der Waals surface area contributed by atoms with E-state index in [4.69, 9.17) is 9.47 Å². The van der Waals surface area contributed by atoms with Crippen molar-refractivity contribution in [1.82, 2.24) is 5.32 Å². The zero-order valence-corrected chi connectivity index (χ0v) is 16.1. The van der Waals surface area contributed by atoms with Crippen molar-refractivity contribution in [2.24, 2.45) is 0 Å². The van der Waals surface area contributed by atoms with E-state index in [-0.39, 0.29) is 0 Å². The van der Waals surface area contributed by atoms with Crippen LogP contribution in [0, 0.1) is 6.92 Å². The predicted molar refractivity (Wildman–Crippen MR) is 110 cm³/mol. The van der Waals surface area contributed by atoms with E-state index in [2.05, 4.69) is 60.8 Å². The second kappa shape index (κ2) is 9.79. The van der Waals surface area contributed by atoms with Gasteiger partial charge in [-0.1, -0.05) is 54.1 Å². The maximum absolute atomic E-state index is 5.93. The first-order valence-corrected chi connectivity index (χ1v) is 9.34. The lowest BCUT2D eigenvalue weighted by atomic mass is 10.1. The Labute approximate surface area is 162 Å². The van der Waals surface area contributed by atoms with Crippen LogP contribution in [-0.4, -0.2) is 13.7 Å². The van der Waals surface area contributed by atoms with Gasteiger partial charge < -0.3 is 14.8 Å². The van der Waals surface area contributed by atoms with Crippen molar-refractivity contribution in [3.63, 3.8) is 0 Å².